The van der Waals surface area contributed by atoms with E-state index in [1.165, 1.54) is 51.0 Å². The molecule has 4 nitrogen and oxygen atoms in total. The van der Waals surface area contributed by atoms with E-state index >= 15 is 0 Å². The van der Waals surface area contributed by atoms with E-state index in [-0.39, 0.29) is 0 Å². The maximum absolute atomic E-state index is 4.57. The van der Waals surface area contributed by atoms with E-state index in [0.717, 1.165) is 18.4 Å². The van der Waals surface area contributed by atoms with Gasteiger partial charge in [0.15, 0.2) is 0 Å². The van der Waals surface area contributed by atoms with Crippen molar-refractivity contribution < 1.29 is 0 Å². The highest BCUT2D eigenvalue weighted by Gasteiger charge is 2.34. The Bertz CT molecular complexity index is 448. The Morgan fingerprint density at radius 3 is 3.00 bits per heavy atom. The van der Waals surface area contributed by atoms with E-state index < -0.39 is 0 Å². The van der Waals surface area contributed by atoms with Crippen molar-refractivity contribution in [2.75, 3.05) is 19.6 Å². The van der Waals surface area contributed by atoms with Crippen LogP contribution in [0.2, 0.25) is 0 Å². The van der Waals surface area contributed by atoms with Crippen molar-refractivity contribution in [2.45, 2.75) is 58.2 Å². The maximum atomic E-state index is 4.57. The normalized spacial score (nSPS) is 28.3. The first-order valence-corrected chi connectivity index (χ1v) is 8.03. The Morgan fingerprint density at radius 1 is 1.30 bits per heavy atom. The summed E-state index contributed by atoms with van der Waals surface area (Å²) in [4.78, 5) is 14.1. The first-order chi connectivity index (χ1) is 9.76. The van der Waals surface area contributed by atoms with Crippen molar-refractivity contribution in [3.05, 3.63) is 23.8 Å². The van der Waals surface area contributed by atoms with Crippen LogP contribution in [0.15, 0.2) is 12.3 Å². The lowest BCUT2D eigenvalue weighted by Gasteiger charge is -2.48. The molecule has 2 fully saturated rings. The highest BCUT2D eigenvalue weighted by molar-refractivity contribution is 5.03. The standard InChI is InChI=1S/C16H26N4/c1-3-15-11-19-9-5-4-6-16(19)12-20(15)10-14-7-8-17-13(2)18-14/h7-8,15-16H,3-6,9-12H2,1-2H3. The summed E-state index contributed by atoms with van der Waals surface area (Å²) in [5.74, 6) is 0.881. The number of nitrogens with zero attached hydrogens (tertiary/aromatic N) is 4. The number of hydrogen-bond acceptors (Lipinski definition) is 4. The van der Waals surface area contributed by atoms with Crippen LogP contribution < -0.4 is 0 Å². The van der Waals surface area contributed by atoms with E-state index in [9.17, 15) is 0 Å². The van der Waals surface area contributed by atoms with Gasteiger partial charge in [-0.1, -0.05) is 13.3 Å². The van der Waals surface area contributed by atoms with Gasteiger partial charge >= 0.3 is 0 Å². The highest BCUT2D eigenvalue weighted by Crippen LogP contribution is 2.26. The van der Waals surface area contributed by atoms with Crippen LogP contribution in [-0.4, -0.2) is 51.5 Å². The van der Waals surface area contributed by atoms with Crippen molar-refractivity contribution in [3.8, 4) is 0 Å². The molecule has 0 aliphatic carbocycles. The molecule has 2 unspecified atom stereocenters. The first kappa shape index (κ1) is 14.0. The molecule has 0 saturated carbocycles. The molecule has 2 atom stereocenters. The predicted octanol–water partition coefficient (Wildman–Crippen LogP) is 2.23. The molecule has 2 saturated heterocycles. The second-order valence-corrected chi connectivity index (χ2v) is 6.23. The van der Waals surface area contributed by atoms with Gasteiger partial charge in [-0.25, -0.2) is 9.97 Å². The monoisotopic (exact) mass is 274 g/mol. The lowest BCUT2D eigenvalue weighted by atomic mass is 9.95. The quantitative estimate of drug-likeness (QED) is 0.846. The molecular weight excluding hydrogens is 248 g/mol. The fourth-order valence-electron chi connectivity index (χ4n) is 3.70. The molecule has 0 amide bonds. The molecule has 1 aromatic rings. The van der Waals surface area contributed by atoms with E-state index in [1.54, 1.807) is 0 Å². The van der Waals surface area contributed by atoms with Crippen molar-refractivity contribution in [1.29, 1.82) is 0 Å². The number of aryl methyl sites for hydroxylation is 1. The highest BCUT2D eigenvalue weighted by atomic mass is 15.3. The van der Waals surface area contributed by atoms with Crippen LogP contribution in [0, 0.1) is 6.92 Å². The van der Waals surface area contributed by atoms with Gasteiger partial charge in [-0.15, -0.1) is 0 Å². The van der Waals surface area contributed by atoms with Crippen LogP contribution in [0.1, 0.15) is 44.1 Å². The van der Waals surface area contributed by atoms with Crippen LogP contribution in [0.4, 0.5) is 0 Å². The summed E-state index contributed by atoms with van der Waals surface area (Å²) in [7, 11) is 0. The summed E-state index contributed by atoms with van der Waals surface area (Å²) < 4.78 is 0. The van der Waals surface area contributed by atoms with Gasteiger partial charge in [0.1, 0.15) is 5.82 Å². The molecule has 4 heteroatoms. The van der Waals surface area contributed by atoms with Crippen LogP contribution in [0.25, 0.3) is 0 Å². The summed E-state index contributed by atoms with van der Waals surface area (Å²) in [6.45, 7) is 9.02. The molecule has 20 heavy (non-hydrogen) atoms. The van der Waals surface area contributed by atoms with E-state index in [4.69, 9.17) is 0 Å². The Labute approximate surface area is 122 Å². The third-order valence-electron chi connectivity index (χ3n) is 4.83. The molecule has 0 N–H and O–H groups in total. The fraction of sp³-hybridized carbons (Fsp3) is 0.750. The third kappa shape index (κ3) is 3.01. The van der Waals surface area contributed by atoms with Gasteiger partial charge in [0.2, 0.25) is 0 Å². The summed E-state index contributed by atoms with van der Waals surface area (Å²) in [5, 5.41) is 0. The van der Waals surface area contributed by atoms with Gasteiger partial charge in [-0.3, -0.25) is 9.80 Å². The van der Waals surface area contributed by atoms with E-state index in [0.29, 0.717) is 6.04 Å². The van der Waals surface area contributed by atoms with Crippen molar-refractivity contribution in [1.82, 2.24) is 19.8 Å². The van der Waals surface area contributed by atoms with Gasteiger partial charge in [-0.2, -0.15) is 0 Å². The van der Waals surface area contributed by atoms with Crippen LogP contribution in [-0.2, 0) is 6.54 Å². The predicted molar refractivity (Wildman–Crippen MR) is 80.5 cm³/mol. The molecule has 3 heterocycles. The summed E-state index contributed by atoms with van der Waals surface area (Å²) in [6.07, 6.45) is 7.27. The number of aromatic nitrogens is 2. The molecule has 2 aliphatic rings. The maximum Gasteiger partial charge on any atom is 0.125 e. The van der Waals surface area contributed by atoms with Crippen LogP contribution in [0.5, 0.6) is 0 Å². The van der Waals surface area contributed by atoms with Crippen LogP contribution in [0.3, 0.4) is 0 Å². The molecule has 1 aromatic heterocycles. The smallest absolute Gasteiger partial charge is 0.125 e. The average molecular weight is 274 g/mol. The average Bonchev–Trinajstić information content (AvgIpc) is 2.46. The number of rotatable bonds is 3. The Kier molecular flexibility index (Phi) is 4.32. The van der Waals surface area contributed by atoms with Crippen LogP contribution >= 0.6 is 0 Å². The van der Waals surface area contributed by atoms with E-state index in [1.807, 2.05) is 13.1 Å². The minimum Gasteiger partial charge on any atom is -0.298 e. The lowest BCUT2D eigenvalue weighted by Crippen LogP contribution is -2.59. The fourth-order valence-corrected chi connectivity index (χ4v) is 3.70. The topological polar surface area (TPSA) is 32.3 Å². The second-order valence-electron chi connectivity index (χ2n) is 6.23. The van der Waals surface area contributed by atoms with Gasteiger partial charge < -0.3 is 0 Å². The number of piperazine rings is 1. The minimum atomic E-state index is 0.680. The molecule has 0 radical (unpaired) electrons. The zero-order valence-corrected chi connectivity index (χ0v) is 12.8. The molecule has 0 bridgehead atoms. The summed E-state index contributed by atoms with van der Waals surface area (Å²) in [6, 6.07) is 3.52. The number of hydrogen-bond donors (Lipinski definition) is 0. The summed E-state index contributed by atoms with van der Waals surface area (Å²) >= 11 is 0. The van der Waals surface area contributed by atoms with Crippen molar-refractivity contribution in [3.63, 3.8) is 0 Å². The van der Waals surface area contributed by atoms with Gasteiger partial charge in [-0.05, 0) is 38.8 Å². The van der Waals surface area contributed by atoms with Gasteiger partial charge in [0.25, 0.3) is 0 Å². The molecule has 110 valence electrons. The second kappa shape index (κ2) is 6.19. The third-order valence-corrected chi connectivity index (χ3v) is 4.83. The minimum absolute atomic E-state index is 0.680. The Hall–Kier alpha value is -1.00. The van der Waals surface area contributed by atoms with Gasteiger partial charge in [0, 0.05) is 37.9 Å². The molecule has 2 aliphatic heterocycles. The van der Waals surface area contributed by atoms with E-state index in [2.05, 4.69) is 32.8 Å². The van der Waals surface area contributed by atoms with Crippen molar-refractivity contribution in [2.24, 2.45) is 0 Å². The number of fused-ring (bicyclic) bond motifs is 1. The largest absolute Gasteiger partial charge is 0.298 e. The lowest BCUT2D eigenvalue weighted by molar-refractivity contribution is 0.00265. The van der Waals surface area contributed by atoms with Gasteiger partial charge in [0.05, 0.1) is 5.69 Å². The molecular formula is C16H26N4. The molecule has 3 rings (SSSR count). The molecule has 0 aromatic carbocycles. The molecule has 0 spiro atoms. The SMILES string of the molecule is CCC1CN2CCCCC2CN1Cc1ccnc(C)n1. The first-order valence-electron chi connectivity index (χ1n) is 8.03. The van der Waals surface area contributed by atoms with Crippen molar-refractivity contribution >= 4 is 0 Å². The summed E-state index contributed by atoms with van der Waals surface area (Å²) in [5.41, 5.74) is 1.17. The number of piperidine rings is 1. The Balaban J connectivity index is 1.70. The Morgan fingerprint density at radius 2 is 2.20 bits per heavy atom. The zero-order valence-electron chi connectivity index (χ0n) is 12.8. The zero-order chi connectivity index (χ0) is 13.9.